The highest BCUT2D eigenvalue weighted by atomic mass is 79.9. The van der Waals surface area contributed by atoms with Gasteiger partial charge in [0.1, 0.15) is 0 Å². The Labute approximate surface area is 122 Å². The lowest BCUT2D eigenvalue weighted by molar-refractivity contribution is 0.899. The molecule has 0 saturated carbocycles. The quantitative estimate of drug-likeness (QED) is 0.903. The van der Waals surface area contributed by atoms with E-state index in [1.165, 1.54) is 5.56 Å². The smallest absolute Gasteiger partial charge is 0.0885 e. The minimum atomic E-state index is -0.135. The van der Waals surface area contributed by atoms with Crippen LogP contribution in [-0.2, 0) is 0 Å². The van der Waals surface area contributed by atoms with Crippen molar-refractivity contribution in [1.29, 1.82) is 5.26 Å². The largest absolute Gasteiger partial charge is 0.383 e. The number of nitrogens with zero attached hydrogens (tertiary/aromatic N) is 1. The highest BCUT2D eigenvalue weighted by Gasteiger charge is 2.10. The number of rotatable bonds is 4. The number of hydrogen-bond donors (Lipinski definition) is 1. The molecule has 2 aromatic rings. The zero-order valence-corrected chi connectivity index (χ0v) is 12.3. The van der Waals surface area contributed by atoms with Crippen LogP contribution in [0.3, 0.4) is 0 Å². The van der Waals surface area contributed by atoms with E-state index in [1.807, 2.05) is 42.5 Å². The number of benzene rings is 2. The maximum Gasteiger partial charge on any atom is 0.0885 e. The Bertz CT molecular complexity index is 587. The Morgan fingerprint density at radius 2 is 1.95 bits per heavy atom. The molecule has 0 aliphatic rings. The van der Waals surface area contributed by atoms with Gasteiger partial charge in [-0.05, 0) is 36.2 Å². The number of hydrogen-bond acceptors (Lipinski definition) is 2. The summed E-state index contributed by atoms with van der Waals surface area (Å²) in [6.07, 6.45) is 0. The van der Waals surface area contributed by atoms with E-state index in [2.05, 4.69) is 40.3 Å². The molecule has 0 aliphatic carbocycles. The van der Waals surface area contributed by atoms with Crippen LogP contribution in [0.5, 0.6) is 0 Å². The van der Waals surface area contributed by atoms with Crippen LogP contribution >= 0.6 is 15.9 Å². The van der Waals surface area contributed by atoms with Crippen molar-refractivity contribution in [1.82, 2.24) is 0 Å². The summed E-state index contributed by atoms with van der Waals surface area (Å²) in [5.41, 5.74) is 3.28. The topological polar surface area (TPSA) is 35.8 Å². The van der Waals surface area contributed by atoms with E-state index in [9.17, 15) is 5.26 Å². The van der Waals surface area contributed by atoms with E-state index in [0.29, 0.717) is 6.54 Å². The Morgan fingerprint density at radius 3 is 2.58 bits per heavy atom. The van der Waals surface area contributed by atoms with Gasteiger partial charge in [0.15, 0.2) is 0 Å². The Balaban J connectivity index is 2.07. The van der Waals surface area contributed by atoms with Crippen molar-refractivity contribution in [2.24, 2.45) is 0 Å². The third kappa shape index (κ3) is 3.59. The van der Waals surface area contributed by atoms with Gasteiger partial charge in [-0.15, -0.1) is 0 Å². The fraction of sp³-hybridized carbons (Fsp3) is 0.188. The molecule has 0 amide bonds. The first-order valence-corrected chi connectivity index (χ1v) is 6.94. The fourth-order valence-electron chi connectivity index (χ4n) is 1.96. The van der Waals surface area contributed by atoms with Crippen LogP contribution in [0.4, 0.5) is 5.69 Å². The molecule has 2 rings (SSSR count). The summed E-state index contributed by atoms with van der Waals surface area (Å²) in [4.78, 5) is 0. The molecule has 19 heavy (non-hydrogen) atoms. The van der Waals surface area contributed by atoms with Gasteiger partial charge in [0.25, 0.3) is 0 Å². The van der Waals surface area contributed by atoms with Crippen LogP contribution in [0.15, 0.2) is 53.0 Å². The first kappa shape index (κ1) is 13.6. The number of aryl methyl sites for hydroxylation is 1. The highest BCUT2D eigenvalue weighted by Crippen LogP contribution is 2.22. The van der Waals surface area contributed by atoms with Crippen molar-refractivity contribution in [3.63, 3.8) is 0 Å². The standard InChI is InChI=1S/C16H15BrN2/c1-12-9-15(17)7-8-16(12)19-11-14(10-18)13-5-3-2-4-6-13/h2-9,14,19H,11H2,1H3. The second-order valence-corrected chi connectivity index (χ2v) is 5.35. The van der Waals surface area contributed by atoms with Gasteiger partial charge in [-0.25, -0.2) is 0 Å². The van der Waals surface area contributed by atoms with E-state index in [1.54, 1.807) is 0 Å². The summed E-state index contributed by atoms with van der Waals surface area (Å²) in [7, 11) is 0. The average Bonchev–Trinajstić information content (AvgIpc) is 2.43. The van der Waals surface area contributed by atoms with Gasteiger partial charge in [-0.1, -0.05) is 46.3 Å². The molecule has 1 unspecified atom stereocenters. The zero-order chi connectivity index (χ0) is 13.7. The summed E-state index contributed by atoms with van der Waals surface area (Å²) in [5, 5.41) is 12.6. The van der Waals surface area contributed by atoms with Crippen LogP contribution < -0.4 is 5.32 Å². The molecule has 0 heterocycles. The lowest BCUT2D eigenvalue weighted by atomic mass is 10.0. The molecule has 0 radical (unpaired) electrons. The molecule has 0 fully saturated rings. The molecule has 2 nitrogen and oxygen atoms in total. The number of nitriles is 1. The van der Waals surface area contributed by atoms with E-state index in [0.717, 1.165) is 15.7 Å². The van der Waals surface area contributed by atoms with Gasteiger partial charge >= 0.3 is 0 Å². The molecular weight excluding hydrogens is 300 g/mol. The number of anilines is 1. The van der Waals surface area contributed by atoms with Gasteiger partial charge in [0.05, 0.1) is 12.0 Å². The first-order chi connectivity index (χ1) is 9.20. The third-order valence-electron chi connectivity index (χ3n) is 3.04. The molecule has 96 valence electrons. The minimum Gasteiger partial charge on any atom is -0.383 e. The van der Waals surface area contributed by atoms with Gasteiger partial charge in [0, 0.05) is 16.7 Å². The summed E-state index contributed by atoms with van der Waals surface area (Å²) in [6.45, 7) is 2.67. The van der Waals surface area contributed by atoms with Crippen molar-refractivity contribution in [3.05, 3.63) is 64.1 Å². The van der Waals surface area contributed by atoms with E-state index in [4.69, 9.17) is 0 Å². The fourth-order valence-corrected chi connectivity index (χ4v) is 2.44. The summed E-state index contributed by atoms with van der Waals surface area (Å²) in [5.74, 6) is -0.135. The van der Waals surface area contributed by atoms with E-state index < -0.39 is 0 Å². The maximum atomic E-state index is 9.27. The average molecular weight is 315 g/mol. The lowest BCUT2D eigenvalue weighted by Gasteiger charge is -2.14. The van der Waals surface area contributed by atoms with Crippen LogP contribution in [0.1, 0.15) is 17.0 Å². The molecule has 0 aromatic heterocycles. The number of halogens is 1. The Kier molecular flexibility index (Phi) is 4.59. The SMILES string of the molecule is Cc1cc(Br)ccc1NCC(C#N)c1ccccc1. The lowest BCUT2D eigenvalue weighted by Crippen LogP contribution is -2.11. The maximum absolute atomic E-state index is 9.27. The van der Waals surface area contributed by atoms with Crippen molar-refractivity contribution < 1.29 is 0 Å². The molecule has 2 aromatic carbocycles. The van der Waals surface area contributed by atoms with E-state index >= 15 is 0 Å². The molecular formula is C16H15BrN2. The van der Waals surface area contributed by atoms with Crippen molar-refractivity contribution >= 4 is 21.6 Å². The molecule has 3 heteroatoms. The molecule has 1 atom stereocenters. The zero-order valence-electron chi connectivity index (χ0n) is 10.7. The van der Waals surface area contributed by atoms with Crippen LogP contribution in [-0.4, -0.2) is 6.54 Å². The molecule has 1 N–H and O–H groups in total. The van der Waals surface area contributed by atoms with Gasteiger partial charge in [0.2, 0.25) is 0 Å². The van der Waals surface area contributed by atoms with Crippen molar-refractivity contribution in [3.8, 4) is 6.07 Å². The Morgan fingerprint density at radius 1 is 1.21 bits per heavy atom. The predicted octanol–water partition coefficient (Wildman–Crippen LogP) is 4.48. The second-order valence-electron chi connectivity index (χ2n) is 4.43. The third-order valence-corrected chi connectivity index (χ3v) is 3.54. The van der Waals surface area contributed by atoms with Crippen LogP contribution in [0, 0.1) is 18.3 Å². The van der Waals surface area contributed by atoms with Gasteiger partial charge in [-0.3, -0.25) is 0 Å². The predicted molar refractivity (Wildman–Crippen MR) is 82.2 cm³/mol. The normalized spacial score (nSPS) is 11.6. The molecule has 0 aliphatic heterocycles. The van der Waals surface area contributed by atoms with Crippen LogP contribution in [0.2, 0.25) is 0 Å². The van der Waals surface area contributed by atoms with Crippen LogP contribution in [0.25, 0.3) is 0 Å². The second kappa shape index (κ2) is 6.40. The first-order valence-electron chi connectivity index (χ1n) is 6.15. The highest BCUT2D eigenvalue weighted by molar-refractivity contribution is 9.10. The molecule has 0 saturated heterocycles. The molecule has 0 spiro atoms. The van der Waals surface area contributed by atoms with Gasteiger partial charge in [-0.2, -0.15) is 5.26 Å². The van der Waals surface area contributed by atoms with E-state index in [-0.39, 0.29) is 5.92 Å². The summed E-state index contributed by atoms with van der Waals surface area (Å²) >= 11 is 3.45. The minimum absolute atomic E-state index is 0.135. The van der Waals surface area contributed by atoms with Crippen molar-refractivity contribution in [2.45, 2.75) is 12.8 Å². The van der Waals surface area contributed by atoms with Gasteiger partial charge < -0.3 is 5.32 Å². The number of nitrogens with one attached hydrogen (secondary N) is 1. The molecule has 0 bridgehead atoms. The summed E-state index contributed by atoms with van der Waals surface area (Å²) < 4.78 is 1.07. The monoisotopic (exact) mass is 314 g/mol. The Hall–Kier alpha value is -1.79. The van der Waals surface area contributed by atoms with Crippen molar-refractivity contribution in [2.75, 3.05) is 11.9 Å². The summed E-state index contributed by atoms with van der Waals surface area (Å²) in [6, 6.07) is 18.3.